The lowest BCUT2D eigenvalue weighted by Gasteiger charge is -2.49. The SMILES string of the molecule is C1=CC2=C(CC1)c1ccccc1C21c2ccccc2C2(c3ccccc3-c3ccc(-c4ccc(-c5cccc6nc(-c7ccccc7)ccc56)cc4)cc32)c2ccccc21. The van der Waals surface area contributed by atoms with E-state index < -0.39 is 10.8 Å². The smallest absolute Gasteiger partial charge is 0.0720 e. The van der Waals surface area contributed by atoms with Crippen LogP contribution >= 0.6 is 0 Å². The van der Waals surface area contributed by atoms with Crippen LogP contribution in [0.15, 0.2) is 218 Å². The third-order valence-electron chi connectivity index (χ3n) is 14.1. The second kappa shape index (κ2) is 12.6. The summed E-state index contributed by atoms with van der Waals surface area (Å²) in [6.45, 7) is 0. The van der Waals surface area contributed by atoms with Gasteiger partial charge in [-0.1, -0.05) is 194 Å². The van der Waals surface area contributed by atoms with Crippen molar-refractivity contribution < 1.29 is 0 Å². The third kappa shape index (κ3) is 4.34. The first kappa shape index (κ1) is 33.6. The van der Waals surface area contributed by atoms with Crippen LogP contribution in [-0.4, -0.2) is 4.98 Å². The molecule has 1 aromatic heterocycles. The van der Waals surface area contributed by atoms with Crippen molar-refractivity contribution in [3.8, 4) is 44.6 Å². The van der Waals surface area contributed by atoms with Gasteiger partial charge in [-0.05, 0) is 120 Å². The Labute approximate surface area is 350 Å². The fourth-order valence-electron chi connectivity index (χ4n) is 11.7. The first-order valence-electron chi connectivity index (χ1n) is 21.3. The first-order chi connectivity index (χ1) is 29.8. The molecular weight excluding hydrogens is 723 g/mol. The summed E-state index contributed by atoms with van der Waals surface area (Å²) >= 11 is 0. The van der Waals surface area contributed by atoms with Crippen LogP contribution in [-0.2, 0) is 10.8 Å². The van der Waals surface area contributed by atoms with E-state index in [4.69, 9.17) is 4.98 Å². The van der Waals surface area contributed by atoms with Crippen LogP contribution in [0.3, 0.4) is 0 Å². The molecule has 0 radical (unpaired) electrons. The summed E-state index contributed by atoms with van der Waals surface area (Å²) in [6, 6.07) is 74.9. The quantitative estimate of drug-likeness (QED) is 0.175. The molecule has 1 heteroatoms. The van der Waals surface area contributed by atoms with E-state index in [0.29, 0.717) is 0 Å². The highest BCUT2D eigenvalue weighted by Crippen LogP contribution is 2.67. The van der Waals surface area contributed by atoms with Crippen LogP contribution in [0.2, 0.25) is 0 Å². The molecule has 280 valence electrons. The normalized spacial score (nSPS) is 18.9. The van der Waals surface area contributed by atoms with Gasteiger partial charge in [0.25, 0.3) is 0 Å². The number of rotatable bonds is 3. The Morgan fingerprint density at radius 2 is 0.933 bits per heavy atom. The zero-order valence-corrected chi connectivity index (χ0v) is 33.1. The number of allylic oxidation sites excluding steroid dienone is 4. The average molecular weight is 762 g/mol. The van der Waals surface area contributed by atoms with E-state index in [1.807, 2.05) is 6.07 Å². The highest BCUT2D eigenvalue weighted by molar-refractivity contribution is 5.97. The Kier molecular flexibility index (Phi) is 7.04. The second-order valence-corrected chi connectivity index (χ2v) is 16.8. The topological polar surface area (TPSA) is 12.9 Å². The van der Waals surface area contributed by atoms with Gasteiger partial charge in [-0.25, -0.2) is 4.98 Å². The Balaban J connectivity index is 0.993. The van der Waals surface area contributed by atoms with Gasteiger partial charge in [0, 0.05) is 10.9 Å². The van der Waals surface area contributed by atoms with Crippen molar-refractivity contribution in [2.24, 2.45) is 0 Å². The number of pyridine rings is 1. The Hall–Kier alpha value is -7.35. The number of fused-ring (bicyclic) bond motifs is 16. The van der Waals surface area contributed by atoms with Crippen molar-refractivity contribution in [1.29, 1.82) is 0 Å². The van der Waals surface area contributed by atoms with Gasteiger partial charge < -0.3 is 0 Å². The average Bonchev–Trinajstić information content (AvgIpc) is 3.79. The maximum Gasteiger partial charge on any atom is 0.0720 e. The summed E-state index contributed by atoms with van der Waals surface area (Å²) in [4.78, 5) is 5.07. The molecule has 9 aromatic rings. The number of nitrogens with zero attached hydrogens (tertiary/aromatic N) is 1. The van der Waals surface area contributed by atoms with E-state index >= 15 is 0 Å². The summed E-state index contributed by atoms with van der Waals surface area (Å²) < 4.78 is 0. The van der Waals surface area contributed by atoms with Crippen LogP contribution in [0.25, 0.3) is 61.1 Å². The van der Waals surface area contributed by atoms with Gasteiger partial charge in [-0.2, -0.15) is 0 Å². The molecular formula is C59H39N. The minimum Gasteiger partial charge on any atom is -0.248 e. The van der Waals surface area contributed by atoms with Crippen molar-refractivity contribution in [1.82, 2.24) is 4.98 Å². The Morgan fingerprint density at radius 3 is 1.67 bits per heavy atom. The van der Waals surface area contributed by atoms with Crippen molar-refractivity contribution in [3.05, 3.63) is 262 Å². The monoisotopic (exact) mass is 761 g/mol. The molecule has 0 amide bonds. The molecule has 4 aliphatic carbocycles. The van der Waals surface area contributed by atoms with Crippen molar-refractivity contribution >= 4 is 16.5 Å². The van der Waals surface area contributed by atoms with Gasteiger partial charge in [-0.3, -0.25) is 0 Å². The predicted octanol–water partition coefficient (Wildman–Crippen LogP) is 14.4. The Bertz CT molecular complexity index is 3260. The van der Waals surface area contributed by atoms with Crippen molar-refractivity contribution in [2.45, 2.75) is 23.7 Å². The summed E-state index contributed by atoms with van der Waals surface area (Å²) in [6.07, 6.45) is 7.01. The fraction of sp³-hybridized carbons (Fsp3) is 0.0678. The number of aromatic nitrogens is 1. The second-order valence-electron chi connectivity index (χ2n) is 16.8. The van der Waals surface area contributed by atoms with Crippen LogP contribution < -0.4 is 0 Å². The van der Waals surface area contributed by atoms with E-state index in [-0.39, 0.29) is 0 Å². The van der Waals surface area contributed by atoms with E-state index in [1.54, 1.807) is 0 Å². The molecule has 0 N–H and O–H groups in total. The van der Waals surface area contributed by atoms with E-state index in [1.165, 1.54) is 89.0 Å². The fourth-order valence-corrected chi connectivity index (χ4v) is 11.7. The highest BCUT2D eigenvalue weighted by atomic mass is 14.7. The summed E-state index contributed by atoms with van der Waals surface area (Å²) in [5.74, 6) is 0. The first-order valence-corrected chi connectivity index (χ1v) is 21.3. The molecule has 0 saturated heterocycles. The third-order valence-corrected chi connectivity index (χ3v) is 14.1. The van der Waals surface area contributed by atoms with E-state index in [0.717, 1.165) is 35.0 Å². The molecule has 8 aromatic carbocycles. The van der Waals surface area contributed by atoms with Gasteiger partial charge in [0.2, 0.25) is 0 Å². The Morgan fingerprint density at radius 1 is 0.367 bits per heavy atom. The molecule has 60 heavy (non-hydrogen) atoms. The van der Waals surface area contributed by atoms with Gasteiger partial charge >= 0.3 is 0 Å². The van der Waals surface area contributed by atoms with Gasteiger partial charge in [-0.15, -0.1) is 0 Å². The van der Waals surface area contributed by atoms with E-state index in [2.05, 4.69) is 206 Å². The molecule has 1 heterocycles. The zero-order chi connectivity index (χ0) is 39.4. The molecule has 0 saturated carbocycles. The summed E-state index contributed by atoms with van der Waals surface area (Å²) in [5, 5.41) is 1.16. The minimum atomic E-state index is -0.495. The molecule has 13 rings (SSSR count). The summed E-state index contributed by atoms with van der Waals surface area (Å²) in [5.41, 5.74) is 23.7. The lowest BCUT2D eigenvalue weighted by atomic mass is 9.52. The number of hydrogen-bond donors (Lipinski definition) is 0. The van der Waals surface area contributed by atoms with Gasteiger partial charge in [0.15, 0.2) is 0 Å². The van der Waals surface area contributed by atoms with Crippen LogP contribution in [0, 0.1) is 0 Å². The van der Waals surface area contributed by atoms with Crippen molar-refractivity contribution in [3.63, 3.8) is 0 Å². The van der Waals surface area contributed by atoms with Gasteiger partial charge in [0.1, 0.15) is 0 Å². The molecule has 0 atom stereocenters. The van der Waals surface area contributed by atoms with Gasteiger partial charge in [0.05, 0.1) is 22.0 Å². The number of benzene rings is 8. The van der Waals surface area contributed by atoms with E-state index in [9.17, 15) is 0 Å². The maximum absolute atomic E-state index is 5.07. The van der Waals surface area contributed by atoms with Crippen LogP contribution in [0.1, 0.15) is 57.3 Å². The zero-order valence-electron chi connectivity index (χ0n) is 33.1. The molecule has 1 nitrogen and oxygen atoms in total. The molecule has 4 aliphatic rings. The highest BCUT2D eigenvalue weighted by Gasteiger charge is 2.59. The van der Waals surface area contributed by atoms with Crippen LogP contribution in [0.5, 0.6) is 0 Å². The van der Waals surface area contributed by atoms with Crippen LogP contribution in [0.4, 0.5) is 0 Å². The number of hydrogen-bond acceptors (Lipinski definition) is 1. The molecule has 0 fully saturated rings. The molecule has 2 spiro atoms. The standard InChI is InChI=1S/C59H39N/c1-2-15-40(16-3-1)56-36-35-47-42(20-14-28-57(47)60-56)39-31-29-38(30-32-39)41-33-34-46-45-19-6-9-23-50(45)59(55(46)37-41)53-26-12-10-24-51(53)58(52-25-11-13-27-54(52)59)48-21-7-4-17-43(48)44-18-5-8-22-49(44)58/h1-4,6-17,19-37H,5,18H2. The minimum absolute atomic E-state index is 0.396. The largest absolute Gasteiger partial charge is 0.248 e. The molecule has 0 bridgehead atoms. The molecule has 0 unspecified atom stereocenters. The molecule has 0 aliphatic heterocycles. The maximum atomic E-state index is 5.07. The van der Waals surface area contributed by atoms with Crippen molar-refractivity contribution in [2.75, 3.05) is 0 Å². The predicted molar refractivity (Wildman–Crippen MR) is 247 cm³/mol. The lowest BCUT2D eigenvalue weighted by molar-refractivity contribution is 0.629. The summed E-state index contributed by atoms with van der Waals surface area (Å²) in [7, 11) is 0. The lowest BCUT2D eigenvalue weighted by Crippen LogP contribution is -2.44.